The maximum absolute atomic E-state index is 11.7. The summed E-state index contributed by atoms with van der Waals surface area (Å²) in [5.74, 6) is -0.368. The molecule has 0 saturated carbocycles. The molecule has 3 aromatic rings. The number of rotatable bonds is 3. The van der Waals surface area contributed by atoms with Crippen LogP contribution in [-0.4, -0.2) is 28.2 Å². The van der Waals surface area contributed by atoms with Crippen LogP contribution in [0.15, 0.2) is 29.3 Å². The van der Waals surface area contributed by atoms with Crippen molar-refractivity contribution in [1.29, 1.82) is 0 Å². The Balaban J connectivity index is 2.12. The van der Waals surface area contributed by atoms with Crippen LogP contribution in [0.1, 0.15) is 17.4 Å². The van der Waals surface area contributed by atoms with Gasteiger partial charge in [-0.2, -0.15) is 0 Å². The molecular formula is C13H12N2O2S2. The van der Waals surface area contributed by atoms with Gasteiger partial charge in [-0.25, -0.2) is 9.78 Å². The predicted molar refractivity (Wildman–Crippen MR) is 78.3 cm³/mol. The van der Waals surface area contributed by atoms with Gasteiger partial charge < -0.3 is 4.74 Å². The summed E-state index contributed by atoms with van der Waals surface area (Å²) >= 11 is 3.29. The molecule has 6 heteroatoms. The zero-order valence-electron chi connectivity index (χ0n) is 10.5. The monoisotopic (exact) mass is 292 g/mol. The molecule has 19 heavy (non-hydrogen) atoms. The van der Waals surface area contributed by atoms with E-state index in [0.29, 0.717) is 12.3 Å². The molecule has 2 heterocycles. The number of hydrogen-bond acceptors (Lipinski definition) is 5. The zero-order valence-corrected chi connectivity index (χ0v) is 12.2. The van der Waals surface area contributed by atoms with Crippen LogP contribution >= 0.6 is 23.1 Å². The van der Waals surface area contributed by atoms with Crippen LogP contribution in [0.3, 0.4) is 0 Å². The van der Waals surface area contributed by atoms with E-state index in [1.807, 2.05) is 4.40 Å². The molecule has 4 nitrogen and oxygen atoms in total. The van der Waals surface area contributed by atoms with Crippen molar-refractivity contribution in [2.75, 3.05) is 12.9 Å². The largest absolute Gasteiger partial charge is 0.461 e. The van der Waals surface area contributed by atoms with Gasteiger partial charge in [-0.1, -0.05) is 11.3 Å². The summed E-state index contributed by atoms with van der Waals surface area (Å²) in [7, 11) is 0. The first-order valence-electron chi connectivity index (χ1n) is 5.85. The second-order valence-electron chi connectivity index (χ2n) is 3.93. The average Bonchev–Trinajstić information content (AvgIpc) is 2.95. The Morgan fingerprint density at radius 2 is 2.37 bits per heavy atom. The number of aromatic nitrogens is 2. The number of imidazole rings is 1. The van der Waals surface area contributed by atoms with Crippen molar-refractivity contribution in [3.05, 3.63) is 30.1 Å². The van der Waals surface area contributed by atoms with Crippen molar-refractivity contribution in [1.82, 2.24) is 9.38 Å². The first-order valence-corrected chi connectivity index (χ1v) is 7.90. The van der Waals surface area contributed by atoms with Crippen LogP contribution in [0.25, 0.3) is 15.2 Å². The minimum Gasteiger partial charge on any atom is -0.461 e. The fraction of sp³-hybridized carbons (Fsp3) is 0.231. The summed E-state index contributed by atoms with van der Waals surface area (Å²) in [4.78, 5) is 18.0. The van der Waals surface area contributed by atoms with Gasteiger partial charge in [-0.3, -0.25) is 4.40 Å². The Bertz CT molecular complexity index is 761. The van der Waals surface area contributed by atoms with Gasteiger partial charge in [0.15, 0.2) is 10.7 Å². The predicted octanol–water partition coefficient (Wildman–Crippen LogP) is 3.45. The number of thioether (sulfide) groups is 1. The highest BCUT2D eigenvalue weighted by Crippen LogP contribution is 2.29. The molecule has 3 rings (SSSR count). The molecule has 0 atom stereocenters. The van der Waals surface area contributed by atoms with Crippen molar-refractivity contribution in [3.63, 3.8) is 0 Å². The van der Waals surface area contributed by atoms with E-state index in [1.165, 1.54) is 9.60 Å². The van der Waals surface area contributed by atoms with Gasteiger partial charge in [0, 0.05) is 11.1 Å². The number of nitrogens with zero attached hydrogens (tertiary/aromatic N) is 2. The molecular weight excluding hydrogens is 280 g/mol. The summed E-state index contributed by atoms with van der Waals surface area (Å²) in [5.41, 5.74) is 1.43. The van der Waals surface area contributed by atoms with Gasteiger partial charge in [0.25, 0.3) is 0 Å². The molecule has 0 radical (unpaired) electrons. The summed E-state index contributed by atoms with van der Waals surface area (Å²) in [6, 6.07) is 6.27. The third-order valence-corrected chi connectivity index (χ3v) is 4.53. The number of fused-ring (bicyclic) bond motifs is 3. The van der Waals surface area contributed by atoms with Crippen LogP contribution in [0.4, 0.5) is 0 Å². The summed E-state index contributed by atoms with van der Waals surface area (Å²) in [6.07, 6.45) is 3.80. The second kappa shape index (κ2) is 4.86. The normalized spacial score (nSPS) is 11.3. The van der Waals surface area contributed by atoms with Crippen molar-refractivity contribution >= 4 is 44.2 Å². The maximum Gasteiger partial charge on any atom is 0.358 e. The first kappa shape index (κ1) is 12.5. The lowest BCUT2D eigenvalue weighted by atomic mass is 10.3. The van der Waals surface area contributed by atoms with Gasteiger partial charge in [0.2, 0.25) is 0 Å². The standard InChI is InChI=1S/C13H12N2O2S2/c1-3-17-12(16)9-7-15-10-5-4-8(18-2)6-11(10)19-13(15)14-9/h4-7H,3H2,1-2H3. The average molecular weight is 292 g/mol. The Kier molecular flexibility index (Phi) is 3.20. The van der Waals surface area contributed by atoms with E-state index in [-0.39, 0.29) is 5.97 Å². The lowest BCUT2D eigenvalue weighted by Crippen LogP contribution is -2.04. The third-order valence-electron chi connectivity index (χ3n) is 2.79. The Hall–Kier alpha value is -1.53. The number of benzene rings is 1. The highest BCUT2D eigenvalue weighted by atomic mass is 32.2. The molecule has 0 N–H and O–H groups in total. The SMILES string of the molecule is CCOC(=O)c1cn2c(n1)sc1cc(SC)ccc12. The summed E-state index contributed by atoms with van der Waals surface area (Å²) in [5, 5.41) is 0. The molecule has 0 aliphatic rings. The Morgan fingerprint density at radius 1 is 1.53 bits per heavy atom. The molecule has 0 bridgehead atoms. The minimum absolute atomic E-state index is 0.363. The van der Waals surface area contributed by atoms with Crippen molar-refractivity contribution < 1.29 is 9.53 Å². The number of esters is 1. The molecule has 0 unspecified atom stereocenters. The van der Waals surface area contributed by atoms with E-state index in [0.717, 1.165) is 10.5 Å². The molecule has 0 amide bonds. The van der Waals surface area contributed by atoms with E-state index in [2.05, 4.69) is 29.4 Å². The number of hydrogen-bond donors (Lipinski definition) is 0. The third kappa shape index (κ3) is 2.11. The molecule has 0 spiro atoms. The number of carbonyl (C=O) groups is 1. The van der Waals surface area contributed by atoms with Crippen molar-refractivity contribution in [2.45, 2.75) is 11.8 Å². The Morgan fingerprint density at radius 3 is 3.11 bits per heavy atom. The lowest BCUT2D eigenvalue weighted by Gasteiger charge is -1.97. The van der Waals surface area contributed by atoms with E-state index in [1.54, 1.807) is 36.2 Å². The van der Waals surface area contributed by atoms with Gasteiger partial charge in [-0.05, 0) is 31.4 Å². The minimum atomic E-state index is -0.368. The molecule has 2 aromatic heterocycles. The zero-order chi connectivity index (χ0) is 13.4. The van der Waals surface area contributed by atoms with Crippen LogP contribution in [0.2, 0.25) is 0 Å². The second-order valence-corrected chi connectivity index (χ2v) is 5.82. The van der Waals surface area contributed by atoms with Crippen molar-refractivity contribution in [3.8, 4) is 0 Å². The van der Waals surface area contributed by atoms with E-state index in [4.69, 9.17) is 4.74 Å². The highest BCUT2D eigenvalue weighted by Gasteiger charge is 2.15. The topological polar surface area (TPSA) is 43.6 Å². The van der Waals surface area contributed by atoms with E-state index >= 15 is 0 Å². The van der Waals surface area contributed by atoms with E-state index in [9.17, 15) is 4.79 Å². The number of thiazole rings is 1. The van der Waals surface area contributed by atoms with Crippen molar-refractivity contribution in [2.24, 2.45) is 0 Å². The van der Waals surface area contributed by atoms with Crippen LogP contribution < -0.4 is 0 Å². The fourth-order valence-electron chi connectivity index (χ4n) is 1.91. The maximum atomic E-state index is 11.7. The van der Waals surface area contributed by atoms with E-state index < -0.39 is 0 Å². The molecule has 0 aliphatic heterocycles. The van der Waals surface area contributed by atoms with Gasteiger partial charge in [0.05, 0.1) is 16.8 Å². The fourth-order valence-corrected chi connectivity index (χ4v) is 3.47. The lowest BCUT2D eigenvalue weighted by molar-refractivity contribution is 0.0520. The number of ether oxygens (including phenoxy) is 1. The Labute approximate surface area is 118 Å². The molecule has 0 saturated heterocycles. The smallest absolute Gasteiger partial charge is 0.358 e. The van der Waals surface area contributed by atoms with Gasteiger partial charge in [0.1, 0.15) is 0 Å². The molecule has 0 fully saturated rings. The van der Waals surface area contributed by atoms with Crippen LogP contribution in [0.5, 0.6) is 0 Å². The first-order chi connectivity index (χ1) is 9.22. The molecule has 1 aromatic carbocycles. The highest BCUT2D eigenvalue weighted by molar-refractivity contribution is 7.98. The molecule has 0 aliphatic carbocycles. The molecule has 98 valence electrons. The summed E-state index contributed by atoms with van der Waals surface area (Å²) in [6.45, 7) is 2.15. The number of carbonyl (C=O) groups excluding carboxylic acids is 1. The van der Waals surface area contributed by atoms with Crippen LogP contribution in [0, 0.1) is 0 Å². The van der Waals surface area contributed by atoms with Crippen LogP contribution in [-0.2, 0) is 4.74 Å². The quantitative estimate of drug-likeness (QED) is 0.548. The van der Waals surface area contributed by atoms with Gasteiger partial charge >= 0.3 is 5.97 Å². The van der Waals surface area contributed by atoms with Gasteiger partial charge in [-0.15, -0.1) is 11.8 Å². The summed E-state index contributed by atoms with van der Waals surface area (Å²) < 4.78 is 8.07.